The number of benzene rings is 1. The molecule has 1 aliphatic heterocycles. The van der Waals surface area contributed by atoms with Crippen molar-refractivity contribution in [1.29, 1.82) is 0 Å². The fraction of sp³-hybridized carbons (Fsp3) is 0.385. The molecule has 0 fully saturated rings. The summed E-state index contributed by atoms with van der Waals surface area (Å²) in [5, 5.41) is 3.04. The topological polar surface area (TPSA) is 49.4 Å². The molecule has 18 heavy (non-hydrogen) atoms. The van der Waals surface area contributed by atoms with E-state index >= 15 is 0 Å². The van der Waals surface area contributed by atoms with Gasteiger partial charge in [-0.1, -0.05) is 6.92 Å². The molecule has 1 heterocycles. The Kier molecular flexibility index (Phi) is 3.43. The van der Waals surface area contributed by atoms with Crippen molar-refractivity contribution in [3.8, 4) is 0 Å². The molecular formula is C13H15FN2O2. The zero-order valence-corrected chi connectivity index (χ0v) is 10.4. The summed E-state index contributed by atoms with van der Waals surface area (Å²) in [5.41, 5.74) is 0.934. The lowest BCUT2D eigenvalue weighted by Crippen LogP contribution is -2.36. The number of anilines is 1. The number of nitrogens with zero attached hydrogens (tertiary/aromatic N) is 1. The molecule has 0 radical (unpaired) electrons. The summed E-state index contributed by atoms with van der Waals surface area (Å²) in [6.07, 6.45) is 0. The van der Waals surface area contributed by atoms with Crippen LogP contribution in [0.5, 0.6) is 0 Å². The number of hydrogen-bond donors (Lipinski definition) is 1. The minimum atomic E-state index is -0.646. The van der Waals surface area contributed by atoms with Gasteiger partial charge in [0.2, 0.25) is 0 Å². The second-order valence-electron chi connectivity index (χ2n) is 4.28. The predicted octanol–water partition coefficient (Wildman–Crippen LogP) is 1.27. The second kappa shape index (κ2) is 4.86. The highest BCUT2D eigenvalue weighted by Gasteiger charge is 2.37. The van der Waals surface area contributed by atoms with Crippen LogP contribution in [0.2, 0.25) is 0 Å². The highest BCUT2D eigenvalue weighted by molar-refractivity contribution is 6.52. The van der Waals surface area contributed by atoms with Crippen LogP contribution in [0.3, 0.4) is 0 Å². The van der Waals surface area contributed by atoms with Crippen molar-refractivity contribution in [2.24, 2.45) is 0 Å². The summed E-state index contributed by atoms with van der Waals surface area (Å²) in [6.45, 7) is 5.23. The Balaban J connectivity index is 2.36. The number of halogens is 1. The minimum Gasteiger partial charge on any atom is -0.315 e. The van der Waals surface area contributed by atoms with Gasteiger partial charge in [0.1, 0.15) is 5.82 Å². The molecule has 0 spiro atoms. The Morgan fingerprint density at radius 3 is 2.72 bits per heavy atom. The first-order valence-electron chi connectivity index (χ1n) is 5.93. The van der Waals surface area contributed by atoms with Crippen LogP contribution < -0.4 is 10.2 Å². The monoisotopic (exact) mass is 250 g/mol. The summed E-state index contributed by atoms with van der Waals surface area (Å²) < 4.78 is 13.9. The third-order valence-electron chi connectivity index (χ3n) is 2.92. The molecule has 0 atom stereocenters. The SMILES string of the molecule is CCNCCN1C(=O)C(=O)c2cc(C)cc(F)c21. The van der Waals surface area contributed by atoms with Crippen LogP contribution in [0.1, 0.15) is 22.8 Å². The van der Waals surface area contributed by atoms with Gasteiger partial charge in [0.05, 0.1) is 11.3 Å². The zero-order chi connectivity index (χ0) is 13.3. The molecule has 2 rings (SSSR count). The molecule has 0 saturated heterocycles. The van der Waals surface area contributed by atoms with Crippen molar-refractivity contribution in [1.82, 2.24) is 5.32 Å². The average molecular weight is 250 g/mol. The molecule has 0 saturated carbocycles. The summed E-state index contributed by atoms with van der Waals surface area (Å²) in [4.78, 5) is 24.8. The number of hydrogen-bond acceptors (Lipinski definition) is 3. The van der Waals surface area contributed by atoms with E-state index in [0.717, 1.165) is 6.54 Å². The zero-order valence-electron chi connectivity index (χ0n) is 10.4. The lowest BCUT2D eigenvalue weighted by molar-refractivity contribution is -0.114. The first-order chi connectivity index (χ1) is 8.56. The Bertz CT molecular complexity index is 514. The molecule has 5 heteroatoms. The van der Waals surface area contributed by atoms with Crippen molar-refractivity contribution in [2.45, 2.75) is 13.8 Å². The van der Waals surface area contributed by atoms with Gasteiger partial charge in [0, 0.05) is 13.1 Å². The standard InChI is InChI=1S/C13H15FN2O2/c1-3-15-4-5-16-11-9(12(17)13(16)18)6-8(2)7-10(11)14/h6-7,15H,3-5H2,1-2H3. The van der Waals surface area contributed by atoms with E-state index in [1.807, 2.05) is 6.92 Å². The number of fused-ring (bicyclic) bond motifs is 1. The van der Waals surface area contributed by atoms with E-state index < -0.39 is 17.5 Å². The highest BCUT2D eigenvalue weighted by Crippen LogP contribution is 2.32. The maximum Gasteiger partial charge on any atom is 0.299 e. The van der Waals surface area contributed by atoms with Gasteiger partial charge >= 0.3 is 0 Å². The minimum absolute atomic E-state index is 0.119. The number of ketones is 1. The van der Waals surface area contributed by atoms with Crippen molar-refractivity contribution >= 4 is 17.4 Å². The van der Waals surface area contributed by atoms with E-state index in [9.17, 15) is 14.0 Å². The van der Waals surface area contributed by atoms with E-state index in [4.69, 9.17) is 0 Å². The van der Waals surface area contributed by atoms with Gasteiger partial charge in [0.15, 0.2) is 0 Å². The van der Waals surface area contributed by atoms with Gasteiger partial charge in [-0.05, 0) is 31.2 Å². The number of carbonyl (C=O) groups excluding carboxylic acids is 2. The van der Waals surface area contributed by atoms with Gasteiger partial charge in [-0.25, -0.2) is 4.39 Å². The molecule has 0 aromatic heterocycles. The lowest BCUT2D eigenvalue weighted by Gasteiger charge is -2.17. The van der Waals surface area contributed by atoms with Gasteiger partial charge < -0.3 is 10.2 Å². The number of carbonyl (C=O) groups is 2. The number of amides is 1. The van der Waals surface area contributed by atoms with Crippen molar-refractivity contribution < 1.29 is 14.0 Å². The van der Waals surface area contributed by atoms with Crippen LogP contribution in [0, 0.1) is 12.7 Å². The first kappa shape index (κ1) is 12.7. The molecule has 4 nitrogen and oxygen atoms in total. The first-order valence-corrected chi connectivity index (χ1v) is 5.93. The van der Waals surface area contributed by atoms with Gasteiger partial charge in [-0.3, -0.25) is 9.59 Å². The fourth-order valence-corrected chi connectivity index (χ4v) is 2.10. The molecule has 0 bridgehead atoms. The average Bonchev–Trinajstić information content (AvgIpc) is 2.55. The molecule has 1 N–H and O–H groups in total. The van der Waals surface area contributed by atoms with Crippen molar-refractivity contribution in [3.05, 3.63) is 29.1 Å². The second-order valence-corrected chi connectivity index (χ2v) is 4.28. The third kappa shape index (κ3) is 2.01. The number of rotatable bonds is 4. The third-order valence-corrected chi connectivity index (χ3v) is 2.92. The van der Waals surface area contributed by atoms with Gasteiger partial charge in [-0.15, -0.1) is 0 Å². The highest BCUT2D eigenvalue weighted by atomic mass is 19.1. The van der Waals surface area contributed by atoms with Crippen LogP contribution in [0.15, 0.2) is 12.1 Å². The van der Waals surface area contributed by atoms with E-state index in [-0.39, 0.29) is 11.3 Å². The predicted molar refractivity (Wildman–Crippen MR) is 66.4 cm³/mol. The lowest BCUT2D eigenvalue weighted by atomic mass is 10.1. The van der Waals surface area contributed by atoms with Gasteiger partial charge in [-0.2, -0.15) is 0 Å². The Morgan fingerprint density at radius 2 is 2.06 bits per heavy atom. The summed E-state index contributed by atoms with van der Waals surface area (Å²) in [6, 6.07) is 2.90. The van der Waals surface area contributed by atoms with Crippen LogP contribution in [0.4, 0.5) is 10.1 Å². The normalized spacial score (nSPS) is 14.3. The molecule has 0 unspecified atom stereocenters. The summed E-state index contributed by atoms with van der Waals surface area (Å²) in [7, 11) is 0. The molecule has 96 valence electrons. The Morgan fingerprint density at radius 1 is 1.33 bits per heavy atom. The molecular weight excluding hydrogens is 235 g/mol. The Hall–Kier alpha value is -1.75. The summed E-state index contributed by atoms with van der Waals surface area (Å²) >= 11 is 0. The number of aryl methyl sites for hydroxylation is 1. The largest absolute Gasteiger partial charge is 0.315 e. The maximum absolute atomic E-state index is 13.9. The van der Waals surface area contributed by atoms with Gasteiger partial charge in [0.25, 0.3) is 11.7 Å². The maximum atomic E-state index is 13.9. The fourth-order valence-electron chi connectivity index (χ4n) is 2.10. The molecule has 1 amide bonds. The van der Waals surface area contributed by atoms with Crippen LogP contribution in [0.25, 0.3) is 0 Å². The van der Waals surface area contributed by atoms with Crippen LogP contribution >= 0.6 is 0 Å². The van der Waals surface area contributed by atoms with Crippen molar-refractivity contribution in [3.63, 3.8) is 0 Å². The molecule has 0 aliphatic carbocycles. The smallest absolute Gasteiger partial charge is 0.299 e. The van der Waals surface area contributed by atoms with E-state index in [0.29, 0.717) is 18.7 Å². The molecule has 1 aliphatic rings. The van der Waals surface area contributed by atoms with E-state index in [1.54, 1.807) is 13.0 Å². The van der Waals surface area contributed by atoms with Crippen LogP contribution in [-0.2, 0) is 4.79 Å². The Labute approximate surface area is 105 Å². The van der Waals surface area contributed by atoms with E-state index in [1.165, 1.54) is 11.0 Å². The molecule has 1 aromatic carbocycles. The molecule has 1 aromatic rings. The number of likely N-dealkylation sites (N-methyl/N-ethyl adjacent to an activating group) is 1. The number of Topliss-reactive ketones (excluding diaryl/α,β-unsaturated/α-hetero) is 1. The van der Waals surface area contributed by atoms with Crippen molar-refractivity contribution in [2.75, 3.05) is 24.5 Å². The summed E-state index contributed by atoms with van der Waals surface area (Å²) in [5.74, 6) is -1.78. The van der Waals surface area contributed by atoms with Crippen LogP contribution in [-0.4, -0.2) is 31.3 Å². The number of nitrogens with one attached hydrogen (secondary N) is 1. The van der Waals surface area contributed by atoms with E-state index in [2.05, 4.69) is 5.32 Å². The quantitative estimate of drug-likeness (QED) is 0.646.